The van der Waals surface area contributed by atoms with E-state index < -0.39 is 6.08 Å². The van der Waals surface area contributed by atoms with E-state index in [1.165, 1.54) is 4.80 Å². The van der Waals surface area contributed by atoms with E-state index in [4.69, 9.17) is 11.6 Å². The van der Waals surface area contributed by atoms with Crippen molar-refractivity contribution in [2.24, 2.45) is 0 Å². The third-order valence-corrected chi connectivity index (χ3v) is 1.90. The first-order valence-electron chi connectivity index (χ1n) is 3.89. The Bertz CT molecular complexity index is 426. The van der Waals surface area contributed by atoms with Gasteiger partial charge in [0.1, 0.15) is 5.27 Å². The van der Waals surface area contributed by atoms with E-state index in [-0.39, 0.29) is 0 Å². The summed E-state index contributed by atoms with van der Waals surface area (Å²) in [5.74, 6) is 0. The van der Waals surface area contributed by atoms with Crippen molar-refractivity contribution in [2.45, 2.75) is 6.54 Å². The number of halogens is 1. The molecule has 2 aromatic rings. The molecule has 0 radical (unpaired) electrons. The molecule has 0 saturated heterocycles. The Labute approximate surface area is 84.5 Å². The van der Waals surface area contributed by atoms with Gasteiger partial charge in [-0.15, -0.1) is 0 Å². The zero-order valence-corrected chi connectivity index (χ0v) is 7.81. The highest BCUT2D eigenvalue weighted by atomic mass is 35.5. The molecule has 6 heteroatoms. The molecule has 1 heterocycles. The second kappa shape index (κ2) is 3.63. The van der Waals surface area contributed by atoms with Gasteiger partial charge in [0.25, 0.3) is 0 Å². The number of aromatic nitrogens is 3. The van der Waals surface area contributed by atoms with Gasteiger partial charge in [0.05, 0.1) is 0 Å². The van der Waals surface area contributed by atoms with Gasteiger partial charge in [0, 0.05) is 20.5 Å². The van der Waals surface area contributed by atoms with E-state index in [1.54, 1.807) is 12.1 Å². The normalized spacial score (nSPS) is 10.4. The second-order valence-electron chi connectivity index (χ2n) is 2.70. The highest BCUT2D eigenvalue weighted by Crippen LogP contribution is 2.08. The Kier molecular flexibility index (Phi) is 2.32. The molecule has 1 aromatic carbocycles. The van der Waals surface area contributed by atoms with Crippen LogP contribution in [0.3, 0.4) is 0 Å². The topological polar surface area (TPSA) is 65.9 Å². The Balaban J connectivity index is 2.15. The molecule has 0 aliphatic carbocycles. The summed E-state index contributed by atoms with van der Waals surface area (Å²) in [6.07, 6.45) is -0.695. The van der Waals surface area contributed by atoms with Gasteiger partial charge in [-0.05, 0) is 12.1 Å². The smallest absolute Gasteiger partial charge is 0.247 e. The third kappa shape index (κ3) is 2.00. The van der Waals surface area contributed by atoms with Crippen LogP contribution in [-0.4, -0.2) is 10.4 Å². The molecular formula is C8H6ClN3O2. The summed E-state index contributed by atoms with van der Waals surface area (Å²) in [6.45, 7) is 0.392. The van der Waals surface area contributed by atoms with E-state index in [2.05, 4.69) is 14.9 Å². The van der Waals surface area contributed by atoms with Crippen molar-refractivity contribution < 1.29 is 14.4 Å². The highest BCUT2D eigenvalue weighted by molar-refractivity contribution is 6.30. The fourth-order valence-electron chi connectivity index (χ4n) is 1.03. The molecule has 14 heavy (non-hydrogen) atoms. The van der Waals surface area contributed by atoms with Crippen LogP contribution in [0.15, 0.2) is 28.8 Å². The van der Waals surface area contributed by atoms with Crippen molar-refractivity contribution in [1.29, 1.82) is 0 Å². The Hall–Kier alpha value is -1.62. The summed E-state index contributed by atoms with van der Waals surface area (Å²) in [6, 6.07) is 7.18. The van der Waals surface area contributed by atoms with Crippen molar-refractivity contribution in [1.82, 2.24) is 10.4 Å². The third-order valence-electron chi connectivity index (χ3n) is 1.65. The van der Waals surface area contributed by atoms with Crippen LogP contribution >= 0.6 is 11.6 Å². The van der Waals surface area contributed by atoms with E-state index in [1.807, 2.05) is 12.1 Å². The van der Waals surface area contributed by atoms with Gasteiger partial charge < -0.3 is 9.63 Å². The average molecular weight is 212 g/mol. The van der Waals surface area contributed by atoms with Gasteiger partial charge in [0.2, 0.25) is 12.6 Å². The largest absolute Gasteiger partial charge is 0.523 e. The van der Waals surface area contributed by atoms with Crippen LogP contribution in [0.2, 0.25) is 5.02 Å². The van der Waals surface area contributed by atoms with E-state index in [0.29, 0.717) is 11.6 Å². The molecule has 0 fully saturated rings. The van der Waals surface area contributed by atoms with Gasteiger partial charge in [-0.25, -0.2) is 0 Å². The van der Waals surface area contributed by atoms with Crippen LogP contribution in [0.1, 0.15) is 5.56 Å². The minimum atomic E-state index is -0.695. The molecule has 1 aromatic heterocycles. The van der Waals surface area contributed by atoms with Crippen molar-refractivity contribution in [3.63, 3.8) is 0 Å². The molecule has 5 nitrogen and oxygen atoms in total. The molecular weight excluding hydrogens is 206 g/mol. The molecule has 0 unspecified atom stereocenters. The van der Waals surface area contributed by atoms with Crippen LogP contribution in [0, 0.1) is 0 Å². The maximum absolute atomic E-state index is 10.6. The molecule has 0 N–H and O–H groups in total. The Morgan fingerprint density at radius 2 is 2.07 bits per heavy atom. The molecule has 0 aliphatic rings. The maximum atomic E-state index is 10.6. The van der Waals surface area contributed by atoms with Crippen LogP contribution in [0.5, 0.6) is 6.08 Å². The maximum Gasteiger partial charge on any atom is 0.247 e. The number of rotatable bonds is 2. The van der Waals surface area contributed by atoms with E-state index >= 15 is 0 Å². The first-order valence-corrected chi connectivity index (χ1v) is 4.27. The standard InChI is InChI=1S/C8H6ClN3O2/c9-7-3-1-6(2-4-7)5-12-10-8(13)14-11-12/h1-4H,5H2. The summed E-state index contributed by atoms with van der Waals surface area (Å²) in [5, 5.41) is 18.1. The molecule has 0 bridgehead atoms. The zero-order chi connectivity index (χ0) is 9.97. The number of hydrogen-bond donors (Lipinski definition) is 0. The number of hydrogen-bond acceptors (Lipinski definition) is 4. The van der Waals surface area contributed by atoms with Gasteiger partial charge in [-0.1, -0.05) is 23.7 Å². The van der Waals surface area contributed by atoms with Crippen LogP contribution < -0.4 is 9.90 Å². The summed E-state index contributed by atoms with van der Waals surface area (Å²) in [5.41, 5.74) is 0.945. The first-order chi connectivity index (χ1) is 6.74. The van der Waals surface area contributed by atoms with Gasteiger partial charge in [-0.2, -0.15) is 0 Å². The lowest BCUT2D eigenvalue weighted by atomic mass is 10.2. The summed E-state index contributed by atoms with van der Waals surface area (Å²) in [4.78, 5) is 1.19. The predicted octanol–water partition coefficient (Wildman–Crippen LogP) is 0.132. The van der Waals surface area contributed by atoms with Crippen molar-refractivity contribution >= 4 is 11.6 Å². The fourth-order valence-corrected chi connectivity index (χ4v) is 1.16. The summed E-state index contributed by atoms with van der Waals surface area (Å²) < 4.78 is 4.28. The molecule has 0 amide bonds. The fraction of sp³-hybridized carbons (Fsp3) is 0.125. The average Bonchev–Trinajstić information content (AvgIpc) is 2.56. The van der Waals surface area contributed by atoms with Crippen LogP contribution in [0.25, 0.3) is 0 Å². The Morgan fingerprint density at radius 3 is 2.64 bits per heavy atom. The van der Waals surface area contributed by atoms with Crippen molar-refractivity contribution in [3.8, 4) is 6.08 Å². The molecule has 72 valence electrons. The Morgan fingerprint density at radius 1 is 1.36 bits per heavy atom. The van der Waals surface area contributed by atoms with E-state index in [0.717, 1.165) is 5.56 Å². The lowest BCUT2D eigenvalue weighted by molar-refractivity contribution is -0.805. The second-order valence-corrected chi connectivity index (χ2v) is 3.13. The van der Waals surface area contributed by atoms with E-state index in [9.17, 15) is 5.11 Å². The van der Waals surface area contributed by atoms with Crippen LogP contribution in [0.4, 0.5) is 0 Å². The molecule has 0 atom stereocenters. The van der Waals surface area contributed by atoms with Gasteiger partial charge >= 0.3 is 0 Å². The lowest BCUT2D eigenvalue weighted by Gasteiger charge is -1.91. The quantitative estimate of drug-likeness (QED) is 0.663. The summed E-state index contributed by atoms with van der Waals surface area (Å²) >= 11 is 5.71. The molecule has 2 rings (SSSR count). The minimum absolute atomic E-state index is 0.392. The van der Waals surface area contributed by atoms with Crippen molar-refractivity contribution in [2.75, 3.05) is 0 Å². The molecule has 0 aliphatic heterocycles. The van der Waals surface area contributed by atoms with Gasteiger partial charge in [-0.3, -0.25) is 0 Å². The molecule has 0 saturated carbocycles. The van der Waals surface area contributed by atoms with Gasteiger partial charge in [0.15, 0.2) is 0 Å². The summed E-state index contributed by atoms with van der Waals surface area (Å²) in [7, 11) is 0. The number of nitrogens with zero attached hydrogens (tertiary/aromatic N) is 3. The minimum Gasteiger partial charge on any atom is -0.523 e. The zero-order valence-electron chi connectivity index (χ0n) is 7.05. The highest BCUT2D eigenvalue weighted by Gasteiger charge is 2.07. The van der Waals surface area contributed by atoms with Crippen molar-refractivity contribution in [3.05, 3.63) is 34.9 Å². The number of benzene rings is 1. The monoisotopic (exact) mass is 211 g/mol. The SMILES string of the molecule is [O-]c1n[n+](Cc2ccc(Cl)cc2)no1. The predicted molar refractivity (Wildman–Crippen MR) is 44.5 cm³/mol. The van der Waals surface area contributed by atoms with Crippen LogP contribution in [-0.2, 0) is 6.54 Å². The molecule has 0 spiro atoms. The first kappa shape index (κ1) is 8.96. The lowest BCUT2D eigenvalue weighted by Crippen LogP contribution is -2.39.